The van der Waals surface area contributed by atoms with Gasteiger partial charge >= 0.3 is 0 Å². The van der Waals surface area contributed by atoms with Gasteiger partial charge in [-0.1, -0.05) is 0 Å². The van der Waals surface area contributed by atoms with Gasteiger partial charge in [0, 0.05) is 24.7 Å². The molecule has 1 saturated heterocycles. The second kappa shape index (κ2) is 5.81. The monoisotopic (exact) mass is 309 g/mol. The van der Waals surface area contributed by atoms with Crippen molar-refractivity contribution in [1.29, 1.82) is 0 Å². The molecule has 1 aliphatic carbocycles. The van der Waals surface area contributed by atoms with E-state index in [0.29, 0.717) is 29.5 Å². The molecule has 1 amide bonds. The number of nitrogens with two attached hydrogens (primary N) is 1. The largest absolute Gasteiger partial charge is 0.382 e. The van der Waals surface area contributed by atoms with E-state index >= 15 is 0 Å². The van der Waals surface area contributed by atoms with Crippen LogP contribution in [0.5, 0.6) is 0 Å². The highest BCUT2D eigenvalue weighted by atomic mass is 32.1. The third-order valence-electron chi connectivity index (χ3n) is 4.40. The van der Waals surface area contributed by atoms with E-state index in [9.17, 15) is 4.79 Å². The zero-order valence-corrected chi connectivity index (χ0v) is 13.4. The number of nitrogens with zero attached hydrogens (tertiary/aromatic N) is 2. The average molecular weight is 309 g/mol. The Hall–Kier alpha value is -1.34. The van der Waals surface area contributed by atoms with E-state index in [4.69, 9.17) is 5.73 Å². The van der Waals surface area contributed by atoms with Crippen LogP contribution in [0.2, 0.25) is 0 Å². The smallest absolute Gasteiger partial charge is 0.258 e. The van der Waals surface area contributed by atoms with Crippen molar-refractivity contribution in [2.75, 3.05) is 24.6 Å². The summed E-state index contributed by atoms with van der Waals surface area (Å²) in [5.41, 5.74) is 6.41. The van der Waals surface area contributed by atoms with E-state index in [1.54, 1.807) is 0 Å². The minimum absolute atomic E-state index is 0.0905. The van der Waals surface area contributed by atoms with Crippen LogP contribution in [0, 0.1) is 0 Å². The fraction of sp³-hybridized carbons (Fsp3) is 0.714. The molecule has 1 saturated carbocycles. The number of carbonyl (C=O) groups excluding carboxylic acids is 1. The summed E-state index contributed by atoms with van der Waals surface area (Å²) in [6.07, 6.45) is 4.28. The van der Waals surface area contributed by atoms with Crippen molar-refractivity contribution in [2.45, 2.75) is 50.7 Å². The number of piperidine rings is 1. The molecule has 1 aliphatic heterocycles. The Morgan fingerprint density at radius 1 is 1.38 bits per heavy atom. The third-order valence-corrected chi connectivity index (χ3v) is 5.19. The summed E-state index contributed by atoms with van der Waals surface area (Å²) >= 11 is 1.29. The summed E-state index contributed by atoms with van der Waals surface area (Å²) in [5.74, 6) is 0.244. The number of likely N-dealkylation sites (tertiary alicyclic amines) is 1. The fourth-order valence-corrected chi connectivity index (χ4v) is 3.50. The number of anilines is 2. The molecule has 1 aromatic heterocycles. The van der Waals surface area contributed by atoms with Gasteiger partial charge in [-0.2, -0.15) is 4.37 Å². The fourth-order valence-electron chi connectivity index (χ4n) is 2.71. The lowest BCUT2D eigenvalue weighted by atomic mass is 9.99. The number of hydrogen-bond donors (Lipinski definition) is 3. The quantitative estimate of drug-likeness (QED) is 0.785. The van der Waals surface area contributed by atoms with Crippen LogP contribution in [0.15, 0.2) is 0 Å². The van der Waals surface area contributed by atoms with Gasteiger partial charge in [0.1, 0.15) is 10.6 Å². The van der Waals surface area contributed by atoms with Crippen molar-refractivity contribution in [3.63, 3.8) is 0 Å². The topological polar surface area (TPSA) is 83.3 Å². The molecule has 6 nitrogen and oxygen atoms in total. The summed E-state index contributed by atoms with van der Waals surface area (Å²) in [6.45, 7) is 3.30. The molecule has 0 spiro atoms. The summed E-state index contributed by atoms with van der Waals surface area (Å²) in [5, 5.41) is 7.29. The van der Waals surface area contributed by atoms with Gasteiger partial charge in [0.2, 0.25) is 0 Å². The van der Waals surface area contributed by atoms with Crippen molar-refractivity contribution in [2.24, 2.45) is 0 Å². The number of nitrogens with one attached hydrogen (secondary N) is 2. The van der Waals surface area contributed by atoms with E-state index < -0.39 is 0 Å². The Balaban J connectivity index is 1.69. The summed E-state index contributed by atoms with van der Waals surface area (Å²) in [7, 11) is 2.15. The van der Waals surface area contributed by atoms with Crippen LogP contribution in [-0.4, -0.2) is 46.9 Å². The molecule has 2 atom stereocenters. The van der Waals surface area contributed by atoms with E-state index in [1.807, 2.05) is 0 Å². The van der Waals surface area contributed by atoms with E-state index in [0.717, 1.165) is 37.2 Å². The van der Waals surface area contributed by atoms with Crippen molar-refractivity contribution in [3.8, 4) is 0 Å². The van der Waals surface area contributed by atoms with Crippen molar-refractivity contribution < 1.29 is 4.79 Å². The molecule has 7 heteroatoms. The van der Waals surface area contributed by atoms with E-state index in [2.05, 4.69) is 33.9 Å². The molecular weight excluding hydrogens is 286 g/mol. The lowest BCUT2D eigenvalue weighted by Gasteiger charge is -2.35. The Bertz CT molecular complexity index is 527. The number of hydrogen-bond acceptors (Lipinski definition) is 6. The first-order valence-corrected chi connectivity index (χ1v) is 8.34. The molecule has 4 N–H and O–H groups in total. The van der Waals surface area contributed by atoms with Gasteiger partial charge in [-0.05, 0) is 51.2 Å². The standard InChI is InChI=1S/C14H23N5OS/c1-8-7-10(5-6-19(8)2)17-14-11(12(15)18-21-14)13(20)16-9-3-4-9/h8-10,17H,3-7H2,1-2H3,(H2,15,18)(H,16,20). The molecule has 2 heterocycles. The van der Waals surface area contributed by atoms with Gasteiger partial charge in [0.25, 0.3) is 5.91 Å². The van der Waals surface area contributed by atoms with E-state index in [1.165, 1.54) is 11.5 Å². The predicted octanol–water partition coefficient (Wildman–Crippen LogP) is 1.51. The first-order valence-electron chi connectivity index (χ1n) is 7.57. The number of aromatic nitrogens is 1. The van der Waals surface area contributed by atoms with Crippen LogP contribution in [-0.2, 0) is 0 Å². The highest BCUT2D eigenvalue weighted by Crippen LogP contribution is 2.30. The zero-order chi connectivity index (χ0) is 15.0. The highest BCUT2D eigenvalue weighted by Gasteiger charge is 2.29. The van der Waals surface area contributed by atoms with Crippen LogP contribution in [0.4, 0.5) is 10.8 Å². The van der Waals surface area contributed by atoms with Gasteiger partial charge in [-0.3, -0.25) is 4.79 Å². The molecule has 2 fully saturated rings. The Labute approximate surface area is 129 Å². The number of amides is 1. The average Bonchev–Trinajstić information content (AvgIpc) is 3.17. The zero-order valence-electron chi connectivity index (χ0n) is 12.6. The minimum atomic E-state index is -0.0905. The van der Waals surface area contributed by atoms with Crippen LogP contribution in [0.25, 0.3) is 0 Å². The van der Waals surface area contributed by atoms with Crippen molar-refractivity contribution in [3.05, 3.63) is 5.56 Å². The van der Waals surface area contributed by atoms with Gasteiger partial charge < -0.3 is 21.3 Å². The maximum Gasteiger partial charge on any atom is 0.258 e. The summed E-state index contributed by atoms with van der Waals surface area (Å²) in [6, 6.07) is 1.25. The SMILES string of the molecule is CC1CC(Nc2snc(N)c2C(=O)NC2CC2)CCN1C. The van der Waals surface area contributed by atoms with E-state index in [-0.39, 0.29) is 5.91 Å². The molecule has 0 radical (unpaired) electrons. The molecule has 1 aromatic rings. The highest BCUT2D eigenvalue weighted by molar-refractivity contribution is 7.11. The minimum Gasteiger partial charge on any atom is -0.382 e. The lowest BCUT2D eigenvalue weighted by molar-refractivity contribution is 0.0953. The molecular formula is C14H23N5OS. The third kappa shape index (κ3) is 3.29. The van der Waals surface area contributed by atoms with Gasteiger partial charge in [-0.15, -0.1) is 0 Å². The maximum atomic E-state index is 12.3. The Kier molecular flexibility index (Phi) is 4.03. The second-order valence-corrected chi connectivity index (χ2v) is 6.99. The molecule has 2 aliphatic rings. The normalized spacial score (nSPS) is 26.6. The Morgan fingerprint density at radius 3 is 2.81 bits per heavy atom. The maximum absolute atomic E-state index is 12.3. The van der Waals surface area contributed by atoms with Crippen molar-refractivity contribution >= 4 is 28.3 Å². The predicted molar refractivity (Wildman–Crippen MR) is 85.8 cm³/mol. The molecule has 3 rings (SSSR count). The van der Waals surface area contributed by atoms with Crippen LogP contribution < -0.4 is 16.4 Å². The van der Waals surface area contributed by atoms with Crippen LogP contribution in [0.1, 0.15) is 43.0 Å². The molecule has 116 valence electrons. The molecule has 21 heavy (non-hydrogen) atoms. The van der Waals surface area contributed by atoms with Gasteiger partial charge in [-0.25, -0.2) is 0 Å². The number of rotatable bonds is 4. The van der Waals surface area contributed by atoms with Crippen LogP contribution >= 0.6 is 11.5 Å². The van der Waals surface area contributed by atoms with Crippen molar-refractivity contribution in [1.82, 2.24) is 14.6 Å². The lowest BCUT2D eigenvalue weighted by Crippen LogP contribution is -2.42. The van der Waals surface area contributed by atoms with Crippen LogP contribution in [0.3, 0.4) is 0 Å². The molecule has 2 unspecified atom stereocenters. The Morgan fingerprint density at radius 2 is 2.14 bits per heavy atom. The molecule has 0 bridgehead atoms. The summed E-state index contributed by atoms with van der Waals surface area (Å²) in [4.78, 5) is 14.6. The molecule has 0 aromatic carbocycles. The first-order chi connectivity index (χ1) is 10.0. The number of carbonyl (C=O) groups is 1. The van der Waals surface area contributed by atoms with Gasteiger partial charge in [0.05, 0.1) is 0 Å². The summed E-state index contributed by atoms with van der Waals surface area (Å²) < 4.78 is 4.15. The first kappa shape index (κ1) is 14.6. The number of nitrogen functional groups attached to an aromatic ring is 1. The van der Waals surface area contributed by atoms with Gasteiger partial charge in [0.15, 0.2) is 5.82 Å². The second-order valence-electron chi connectivity index (χ2n) is 6.21.